The third-order valence-electron chi connectivity index (χ3n) is 6.93. The molecule has 5 rings (SSSR count). The Morgan fingerprint density at radius 3 is 2.74 bits per heavy atom. The molecule has 1 atom stereocenters. The van der Waals surface area contributed by atoms with Crippen LogP contribution >= 0.6 is 0 Å². The zero-order valence-electron chi connectivity index (χ0n) is 20.2. The van der Waals surface area contributed by atoms with Crippen LogP contribution in [0, 0.1) is 6.92 Å². The SMILES string of the molecule is Cc1cc(CN(Cc2cn(C)c3ccccc3c2=O)[C@H]2CCCN(c3cccnc3)C2)n(C)n1. The van der Waals surface area contributed by atoms with Crippen LogP contribution in [0.4, 0.5) is 5.69 Å². The number of hydrogen-bond donors (Lipinski definition) is 0. The highest BCUT2D eigenvalue weighted by Gasteiger charge is 2.27. The van der Waals surface area contributed by atoms with E-state index < -0.39 is 0 Å². The molecule has 7 nitrogen and oxygen atoms in total. The Bertz CT molecular complexity index is 1340. The molecule has 0 spiro atoms. The highest BCUT2D eigenvalue weighted by Crippen LogP contribution is 2.24. The standard InChI is InChI=1S/C27H32N6O/c1-20-14-24(31(3)29-20)19-33(23-9-7-13-32(18-23)22-8-6-12-28-15-22)17-21-16-30(2)26-11-5-4-10-25(26)27(21)34/h4-6,8,10-12,14-16,23H,7,9,13,17-19H2,1-3H3/t23-/m0/s1. The summed E-state index contributed by atoms with van der Waals surface area (Å²) in [7, 11) is 4.02. The molecule has 0 amide bonds. The van der Waals surface area contributed by atoms with Crippen LogP contribution in [0.5, 0.6) is 0 Å². The molecule has 176 valence electrons. The molecular weight excluding hydrogens is 424 g/mol. The van der Waals surface area contributed by atoms with Crippen molar-refractivity contribution in [1.82, 2.24) is 24.2 Å². The van der Waals surface area contributed by atoms with E-state index in [-0.39, 0.29) is 5.43 Å². The van der Waals surface area contributed by atoms with Crippen molar-refractivity contribution >= 4 is 16.6 Å². The van der Waals surface area contributed by atoms with Gasteiger partial charge in [0.15, 0.2) is 5.43 Å². The maximum absolute atomic E-state index is 13.4. The first-order valence-electron chi connectivity index (χ1n) is 12.0. The summed E-state index contributed by atoms with van der Waals surface area (Å²) in [5.74, 6) is 0. The summed E-state index contributed by atoms with van der Waals surface area (Å²) < 4.78 is 4.03. The minimum atomic E-state index is 0.125. The molecule has 0 saturated carbocycles. The Hall–Kier alpha value is -3.45. The second-order valence-electron chi connectivity index (χ2n) is 9.37. The average Bonchev–Trinajstić information content (AvgIpc) is 3.18. The number of benzene rings is 1. The molecule has 7 heteroatoms. The summed E-state index contributed by atoms with van der Waals surface area (Å²) in [5, 5.41) is 5.33. The van der Waals surface area contributed by atoms with Gasteiger partial charge in [0, 0.05) is 69.7 Å². The van der Waals surface area contributed by atoms with Gasteiger partial charge >= 0.3 is 0 Å². The van der Waals surface area contributed by atoms with E-state index in [1.165, 1.54) is 0 Å². The third-order valence-corrected chi connectivity index (χ3v) is 6.93. The zero-order chi connectivity index (χ0) is 23.7. The fourth-order valence-corrected chi connectivity index (χ4v) is 5.20. The van der Waals surface area contributed by atoms with Crippen molar-refractivity contribution in [3.63, 3.8) is 0 Å². The lowest BCUT2D eigenvalue weighted by Gasteiger charge is -2.40. The van der Waals surface area contributed by atoms with E-state index in [4.69, 9.17) is 0 Å². The fraction of sp³-hybridized carbons (Fsp3) is 0.370. The summed E-state index contributed by atoms with van der Waals surface area (Å²) >= 11 is 0. The van der Waals surface area contributed by atoms with Gasteiger partial charge in [-0.15, -0.1) is 0 Å². The van der Waals surface area contributed by atoms with Crippen molar-refractivity contribution < 1.29 is 0 Å². The van der Waals surface area contributed by atoms with E-state index in [0.29, 0.717) is 12.6 Å². The lowest BCUT2D eigenvalue weighted by atomic mass is 10.0. The summed E-state index contributed by atoms with van der Waals surface area (Å²) in [4.78, 5) is 22.6. The second-order valence-corrected chi connectivity index (χ2v) is 9.37. The van der Waals surface area contributed by atoms with Crippen molar-refractivity contribution in [1.29, 1.82) is 0 Å². The Morgan fingerprint density at radius 2 is 1.97 bits per heavy atom. The van der Waals surface area contributed by atoms with Crippen LogP contribution in [0.15, 0.2) is 65.8 Å². The molecule has 3 aromatic heterocycles. The molecular formula is C27H32N6O. The van der Waals surface area contributed by atoms with Crippen LogP contribution in [0.25, 0.3) is 10.9 Å². The summed E-state index contributed by atoms with van der Waals surface area (Å²) in [6.45, 7) is 5.32. The van der Waals surface area contributed by atoms with Crippen molar-refractivity contribution in [2.45, 2.75) is 38.9 Å². The molecule has 0 N–H and O–H groups in total. The van der Waals surface area contributed by atoms with Crippen LogP contribution in [-0.2, 0) is 27.2 Å². The molecule has 0 aliphatic carbocycles. The number of pyridine rings is 2. The number of anilines is 1. The molecule has 4 aromatic rings. The van der Waals surface area contributed by atoms with E-state index in [1.807, 2.05) is 74.6 Å². The van der Waals surface area contributed by atoms with Gasteiger partial charge in [0.05, 0.1) is 28.8 Å². The van der Waals surface area contributed by atoms with Crippen molar-refractivity contribution in [2.24, 2.45) is 14.1 Å². The number of rotatable bonds is 6. The van der Waals surface area contributed by atoms with Gasteiger partial charge in [0.25, 0.3) is 0 Å². The molecule has 1 aliphatic heterocycles. The van der Waals surface area contributed by atoms with Crippen LogP contribution in [0.1, 0.15) is 29.8 Å². The Labute approximate surface area is 200 Å². The maximum Gasteiger partial charge on any atom is 0.193 e. The molecule has 0 unspecified atom stereocenters. The smallest absolute Gasteiger partial charge is 0.193 e. The van der Waals surface area contributed by atoms with Gasteiger partial charge in [-0.1, -0.05) is 12.1 Å². The number of nitrogens with zero attached hydrogens (tertiary/aromatic N) is 6. The first-order chi connectivity index (χ1) is 16.5. The molecule has 1 aliphatic rings. The molecule has 0 bridgehead atoms. The predicted octanol–water partition coefficient (Wildman–Crippen LogP) is 3.65. The lowest BCUT2D eigenvalue weighted by molar-refractivity contribution is 0.154. The summed E-state index contributed by atoms with van der Waals surface area (Å²) in [5.41, 5.74) is 5.25. The molecule has 1 fully saturated rings. The quantitative estimate of drug-likeness (QED) is 0.443. The summed E-state index contributed by atoms with van der Waals surface area (Å²) in [6, 6.07) is 14.4. The molecule has 1 aromatic carbocycles. The van der Waals surface area contributed by atoms with Crippen LogP contribution in [-0.4, -0.2) is 43.4 Å². The van der Waals surface area contributed by atoms with E-state index in [0.717, 1.165) is 66.0 Å². The van der Waals surface area contributed by atoms with Gasteiger partial charge in [-0.05, 0) is 50.1 Å². The number of piperidine rings is 1. The van der Waals surface area contributed by atoms with Gasteiger partial charge in [-0.3, -0.25) is 19.4 Å². The van der Waals surface area contributed by atoms with Gasteiger partial charge in [-0.2, -0.15) is 5.10 Å². The second kappa shape index (κ2) is 9.43. The van der Waals surface area contributed by atoms with Crippen molar-refractivity contribution in [3.05, 3.63) is 88.2 Å². The Balaban J connectivity index is 1.49. The number of para-hydroxylation sites is 1. The largest absolute Gasteiger partial charge is 0.369 e. The van der Waals surface area contributed by atoms with E-state index in [2.05, 4.69) is 36.6 Å². The average molecular weight is 457 g/mol. The fourth-order valence-electron chi connectivity index (χ4n) is 5.20. The number of aromatic nitrogens is 4. The van der Waals surface area contributed by atoms with Crippen molar-refractivity contribution in [3.8, 4) is 0 Å². The van der Waals surface area contributed by atoms with E-state index in [1.54, 1.807) is 0 Å². The Kier molecular flexibility index (Phi) is 6.20. The Morgan fingerprint density at radius 1 is 1.12 bits per heavy atom. The van der Waals surface area contributed by atoms with E-state index >= 15 is 0 Å². The van der Waals surface area contributed by atoms with Gasteiger partial charge in [0.2, 0.25) is 0 Å². The molecule has 4 heterocycles. The van der Waals surface area contributed by atoms with E-state index in [9.17, 15) is 4.79 Å². The predicted molar refractivity (Wildman–Crippen MR) is 136 cm³/mol. The monoisotopic (exact) mass is 456 g/mol. The highest BCUT2D eigenvalue weighted by molar-refractivity contribution is 5.79. The molecule has 34 heavy (non-hydrogen) atoms. The third kappa shape index (κ3) is 4.48. The van der Waals surface area contributed by atoms with Gasteiger partial charge < -0.3 is 9.47 Å². The van der Waals surface area contributed by atoms with Gasteiger partial charge in [-0.25, -0.2) is 0 Å². The lowest BCUT2D eigenvalue weighted by Crippen LogP contribution is -2.48. The van der Waals surface area contributed by atoms with Crippen LogP contribution < -0.4 is 10.3 Å². The van der Waals surface area contributed by atoms with Crippen LogP contribution in [0.2, 0.25) is 0 Å². The molecule has 0 radical (unpaired) electrons. The van der Waals surface area contributed by atoms with Gasteiger partial charge in [0.1, 0.15) is 0 Å². The first-order valence-corrected chi connectivity index (χ1v) is 12.0. The van der Waals surface area contributed by atoms with Crippen LogP contribution in [0.3, 0.4) is 0 Å². The maximum atomic E-state index is 13.4. The summed E-state index contributed by atoms with van der Waals surface area (Å²) in [6.07, 6.45) is 7.97. The number of fused-ring (bicyclic) bond motifs is 1. The number of aryl methyl sites for hydroxylation is 3. The highest BCUT2D eigenvalue weighted by atomic mass is 16.1. The van der Waals surface area contributed by atoms with Crippen molar-refractivity contribution in [2.75, 3.05) is 18.0 Å². The normalized spacial score (nSPS) is 16.5. The minimum Gasteiger partial charge on any atom is -0.369 e. The first kappa shape index (κ1) is 22.3. The molecule has 1 saturated heterocycles. The minimum absolute atomic E-state index is 0.125. The number of hydrogen-bond acceptors (Lipinski definition) is 5. The zero-order valence-corrected chi connectivity index (χ0v) is 20.2. The topological polar surface area (TPSA) is 59.2 Å².